The van der Waals surface area contributed by atoms with Gasteiger partial charge in [0.2, 0.25) is 5.88 Å². The molecule has 2 N–H and O–H groups in total. The summed E-state index contributed by atoms with van der Waals surface area (Å²) >= 11 is 0. The molecule has 0 aromatic carbocycles. The van der Waals surface area contributed by atoms with E-state index in [1.807, 2.05) is 31.6 Å². The van der Waals surface area contributed by atoms with Crippen molar-refractivity contribution in [2.75, 3.05) is 13.2 Å². The first-order valence-corrected chi connectivity index (χ1v) is 10.6. The molecule has 1 amide bonds. The third-order valence-electron chi connectivity index (χ3n) is 5.68. The molecule has 30 heavy (non-hydrogen) atoms. The van der Waals surface area contributed by atoms with Gasteiger partial charge in [-0.05, 0) is 36.7 Å². The van der Waals surface area contributed by atoms with Crippen molar-refractivity contribution in [2.24, 2.45) is 11.7 Å². The second-order valence-corrected chi connectivity index (χ2v) is 9.30. The van der Waals surface area contributed by atoms with Crippen LogP contribution in [0.25, 0.3) is 0 Å². The highest BCUT2D eigenvalue weighted by Gasteiger charge is 2.34. The molecule has 2 unspecified atom stereocenters. The summed E-state index contributed by atoms with van der Waals surface area (Å²) in [6, 6.07) is 2.24. The molecule has 2 aliphatic rings. The fraction of sp³-hybridized carbons (Fsp3) is 0.591. The Hall–Kier alpha value is -2.61. The molecule has 1 aliphatic heterocycles. The lowest BCUT2D eigenvalue weighted by molar-refractivity contribution is 0.0457. The van der Waals surface area contributed by atoms with Crippen molar-refractivity contribution < 1.29 is 19.0 Å². The van der Waals surface area contributed by atoms with Crippen molar-refractivity contribution in [3.8, 4) is 17.4 Å². The molecule has 0 spiro atoms. The topological polar surface area (TPSA) is 101 Å². The van der Waals surface area contributed by atoms with Crippen molar-refractivity contribution in [2.45, 2.75) is 64.3 Å². The third kappa shape index (κ3) is 4.28. The first kappa shape index (κ1) is 20.7. The third-order valence-corrected chi connectivity index (χ3v) is 5.68. The summed E-state index contributed by atoms with van der Waals surface area (Å²) in [5.74, 6) is 2.13. The molecule has 1 aliphatic carbocycles. The number of carbonyl (C=O) groups excluding carboxylic acids is 1. The Bertz CT molecular complexity index is 930. The smallest absolute Gasteiger partial charge is 0.411 e. The molecule has 1 saturated heterocycles. The number of pyridine rings is 1. The summed E-state index contributed by atoms with van der Waals surface area (Å²) in [5.41, 5.74) is 6.52. The van der Waals surface area contributed by atoms with Crippen molar-refractivity contribution in [1.29, 1.82) is 0 Å². The summed E-state index contributed by atoms with van der Waals surface area (Å²) in [7, 11) is 0. The highest BCUT2D eigenvalue weighted by molar-refractivity contribution is 5.68. The van der Waals surface area contributed by atoms with E-state index in [-0.39, 0.29) is 17.2 Å². The summed E-state index contributed by atoms with van der Waals surface area (Å²) in [6.07, 6.45) is 5.86. The normalized spacial score (nSPS) is 22.0. The molecular weight excluding hydrogens is 384 g/mol. The molecule has 2 aromatic rings. The highest BCUT2D eigenvalue weighted by Crippen LogP contribution is 2.44. The van der Waals surface area contributed by atoms with Gasteiger partial charge in [-0.2, -0.15) is 5.10 Å². The molecule has 3 heterocycles. The number of amides is 1. The van der Waals surface area contributed by atoms with Crippen molar-refractivity contribution in [1.82, 2.24) is 14.8 Å². The first-order chi connectivity index (χ1) is 14.2. The molecule has 162 valence electrons. The van der Waals surface area contributed by atoms with Crippen LogP contribution in [-0.2, 0) is 10.2 Å². The maximum absolute atomic E-state index is 11.4. The second kappa shape index (κ2) is 7.91. The van der Waals surface area contributed by atoms with Crippen molar-refractivity contribution >= 4 is 6.09 Å². The Labute approximate surface area is 176 Å². The van der Waals surface area contributed by atoms with Gasteiger partial charge < -0.3 is 19.9 Å². The molecule has 2 fully saturated rings. The van der Waals surface area contributed by atoms with Crippen molar-refractivity contribution in [3.63, 3.8) is 0 Å². The molecule has 0 radical (unpaired) electrons. The van der Waals surface area contributed by atoms with Gasteiger partial charge in [0.1, 0.15) is 11.4 Å². The minimum absolute atomic E-state index is 0.170. The van der Waals surface area contributed by atoms with Crippen LogP contribution >= 0.6 is 0 Å². The first-order valence-electron chi connectivity index (χ1n) is 10.6. The summed E-state index contributed by atoms with van der Waals surface area (Å²) in [4.78, 5) is 15.6. The number of ether oxygens (including phenoxy) is 3. The van der Waals surface area contributed by atoms with Crippen LogP contribution in [0, 0.1) is 5.92 Å². The van der Waals surface area contributed by atoms with Crippen LogP contribution in [0.15, 0.2) is 18.5 Å². The van der Waals surface area contributed by atoms with Gasteiger partial charge in [-0.15, -0.1) is 0 Å². The van der Waals surface area contributed by atoms with Gasteiger partial charge in [-0.1, -0.05) is 27.7 Å². The number of carbonyl (C=O) groups is 1. The zero-order valence-corrected chi connectivity index (χ0v) is 18.1. The number of nitrogens with zero attached hydrogens (tertiary/aromatic N) is 3. The Morgan fingerprint density at radius 1 is 1.27 bits per heavy atom. The fourth-order valence-corrected chi connectivity index (χ4v) is 4.03. The average Bonchev–Trinajstić information content (AvgIpc) is 3.42. The van der Waals surface area contributed by atoms with Gasteiger partial charge in [0.25, 0.3) is 0 Å². The van der Waals surface area contributed by atoms with Crippen LogP contribution in [0.4, 0.5) is 4.79 Å². The van der Waals surface area contributed by atoms with Crippen molar-refractivity contribution in [3.05, 3.63) is 29.7 Å². The second-order valence-electron chi connectivity index (χ2n) is 9.30. The summed E-state index contributed by atoms with van der Waals surface area (Å²) in [6.45, 7) is 9.68. The highest BCUT2D eigenvalue weighted by atomic mass is 16.6. The van der Waals surface area contributed by atoms with Gasteiger partial charge in [-0.25, -0.2) is 9.78 Å². The summed E-state index contributed by atoms with van der Waals surface area (Å²) < 4.78 is 19.3. The van der Waals surface area contributed by atoms with Crippen LogP contribution < -0.4 is 15.2 Å². The van der Waals surface area contributed by atoms with Crippen LogP contribution in [0.1, 0.15) is 70.2 Å². The standard InChI is InChI=1S/C22H30N4O4/c1-13-12-28-10-8-15(13)19-17(11-26(25-19)14-5-6-14)29-16-7-9-24-20(30-21(23)27)18(16)22(2,3)4/h7,9,11,13-15H,5-6,8,10,12H2,1-4H3,(H2,23,27). The Kier molecular flexibility index (Phi) is 5.44. The number of primary amides is 1. The summed E-state index contributed by atoms with van der Waals surface area (Å²) in [5, 5.41) is 4.92. The predicted octanol–water partition coefficient (Wildman–Crippen LogP) is 4.30. The zero-order valence-electron chi connectivity index (χ0n) is 18.1. The predicted molar refractivity (Wildman–Crippen MR) is 111 cm³/mol. The van der Waals surface area contributed by atoms with E-state index in [0.29, 0.717) is 23.3 Å². The lowest BCUT2D eigenvalue weighted by Gasteiger charge is -2.28. The number of aromatic nitrogens is 3. The number of hydrogen-bond acceptors (Lipinski definition) is 6. The monoisotopic (exact) mass is 414 g/mol. The van der Waals surface area contributed by atoms with Gasteiger partial charge in [0.05, 0.1) is 17.8 Å². The van der Waals surface area contributed by atoms with Gasteiger partial charge in [-0.3, -0.25) is 4.68 Å². The lowest BCUT2D eigenvalue weighted by atomic mass is 9.86. The molecule has 2 atom stereocenters. The molecule has 8 nitrogen and oxygen atoms in total. The van der Waals surface area contributed by atoms with Crippen LogP contribution in [-0.4, -0.2) is 34.1 Å². The zero-order chi connectivity index (χ0) is 21.5. The average molecular weight is 415 g/mol. The van der Waals surface area contributed by atoms with Gasteiger partial charge >= 0.3 is 6.09 Å². The van der Waals surface area contributed by atoms with Gasteiger partial charge in [0, 0.05) is 25.3 Å². The Morgan fingerprint density at radius 2 is 2.03 bits per heavy atom. The van der Waals surface area contributed by atoms with E-state index in [9.17, 15) is 4.79 Å². The number of hydrogen-bond donors (Lipinski definition) is 1. The molecule has 4 rings (SSSR count). The number of nitrogens with two attached hydrogens (primary N) is 1. The van der Waals surface area contributed by atoms with E-state index >= 15 is 0 Å². The van der Waals surface area contributed by atoms with E-state index in [1.165, 1.54) is 0 Å². The molecule has 8 heteroatoms. The largest absolute Gasteiger partial charge is 0.453 e. The van der Waals surface area contributed by atoms with Crippen LogP contribution in [0.2, 0.25) is 0 Å². The Morgan fingerprint density at radius 3 is 2.67 bits per heavy atom. The van der Waals surface area contributed by atoms with Crippen LogP contribution in [0.5, 0.6) is 17.4 Å². The Balaban J connectivity index is 1.74. The maximum atomic E-state index is 11.4. The fourth-order valence-electron chi connectivity index (χ4n) is 4.03. The molecule has 2 aromatic heterocycles. The van der Waals surface area contributed by atoms with E-state index in [1.54, 1.807) is 12.3 Å². The van der Waals surface area contributed by atoms with E-state index in [0.717, 1.165) is 43.9 Å². The van der Waals surface area contributed by atoms with E-state index in [2.05, 4.69) is 11.9 Å². The minimum Gasteiger partial charge on any atom is -0.453 e. The molecule has 0 bridgehead atoms. The molecular formula is C22H30N4O4. The SMILES string of the molecule is CC1COCCC1c1nn(C2CC2)cc1Oc1ccnc(OC(N)=O)c1C(C)(C)C. The quantitative estimate of drug-likeness (QED) is 0.783. The van der Waals surface area contributed by atoms with E-state index in [4.69, 9.17) is 25.0 Å². The van der Waals surface area contributed by atoms with Gasteiger partial charge in [0.15, 0.2) is 5.75 Å². The lowest BCUT2D eigenvalue weighted by Crippen LogP contribution is -2.24. The van der Waals surface area contributed by atoms with E-state index < -0.39 is 6.09 Å². The number of rotatable bonds is 5. The minimum atomic E-state index is -0.900. The van der Waals surface area contributed by atoms with Crippen LogP contribution in [0.3, 0.4) is 0 Å². The maximum Gasteiger partial charge on any atom is 0.411 e. The molecule has 1 saturated carbocycles.